The van der Waals surface area contributed by atoms with Crippen molar-refractivity contribution >= 4 is 5.91 Å². The Morgan fingerprint density at radius 1 is 1.17 bits per heavy atom. The van der Waals surface area contributed by atoms with Crippen LogP contribution in [0, 0.1) is 0 Å². The molecule has 4 N–H and O–H groups in total. The third-order valence-electron chi connectivity index (χ3n) is 2.15. The topological polar surface area (TPSA) is 99.0 Å². The predicted molar refractivity (Wildman–Crippen MR) is 64.6 cm³/mol. The average molecular weight is 255 g/mol. The number of aliphatic hydroxyl groups excluding tert-OH is 1. The van der Waals surface area contributed by atoms with Crippen LogP contribution in [-0.4, -0.2) is 47.6 Å². The van der Waals surface area contributed by atoms with Crippen LogP contribution in [0.3, 0.4) is 0 Å². The van der Waals surface area contributed by atoms with Crippen LogP contribution in [-0.2, 0) is 4.74 Å². The van der Waals surface area contributed by atoms with Gasteiger partial charge in [0.1, 0.15) is 11.5 Å². The maximum absolute atomic E-state index is 11.6. The summed E-state index contributed by atoms with van der Waals surface area (Å²) in [6.45, 7) is 1.14. The van der Waals surface area contributed by atoms with Crippen molar-refractivity contribution in [3.63, 3.8) is 0 Å². The van der Waals surface area contributed by atoms with Gasteiger partial charge in [-0.25, -0.2) is 0 Å². The van der Waals surface area contributed by atoms with E-state index in [9.17, 15) is 15.0 Å². The van der Waals surface area contributed by atoms with Crippen molar-refractivity contribution < 1.29 is 24.9 Å². The Kier molecular flexibility index (Phi) is 5.96. The van der Waals surface area contributed by atoms with E-state index in [1.807, 2.05) is 0 Å². The minimum atomic E-state index is -0.372. The monoisotopic (exact) mass is 255 g/mol. The molecule has 0 saturated heterocycles. The summed E-state index contributed by atoms with van der Waals surface area (Å²) in [7, 11) is 0. The van der Waals surface area contributed by atoms with Gasteiger partial charge in [-0.1, -0.05) is 0 Å². The number of rotatable bonds is 7. The van der Waals surface area contributed by atoms with E-state index in [1.54, 1.807) is 0 Å². The fourth-order valence-electron chi connectivity index (χ4n) is 1.37. The van der Waals surface area contributed by atoms with Crippen LogP contribution >= 0.6 is 0 Å². The molecule has 0 aliphatic heterocycles. The number of ether oxygens (including phenoxy) is 1. The SMILES string of the molecule is O=C(NCCCOCCO)c1cc(O)cc(O)c1. The Morgan fingerprint density at radius 3 is 2.44 bits per heavy atom. The molecule has 1 rings (SSSR count). The van der Waals surface area contributed by atoms with Crippen molar-refractivity contribution in [2.75, 3.05) is 26.4 Å². The molecule has 0 spiro atoms. The fourth-order valence-corrected chi connectivity index (χ4v) is 1.37. The number of phenolic OH excluding ortho intramolecular Hbond substituents is 2. The highest BCUT2D eigenvalue weighted by molar-refractivity contribution is 5.94. The summed E-state index contributed by atoms with van der Waals surface area (Å²) in [6.07, 6.45) is 0.622. The lowest BCUT2D eigenvalue weighted by atomic mass is 10.2. The van der Waals surface area contributed by atoms with Gasteiger partial charge < -0.3 is 25.4 Å². The average Bonchev–Trinajstić information content (AvgIpc) is 2.32. The molecule has 0 heterocycles. The Labute approximate surface area is 105 Å². The van der Waals surface area contributed by atoms with Crippen molar-refractivity contribution in [1.82, 2.24) is 5.32 Å². The number of carbonyl (C=O) groups excluding carboxylic acids is 1. The summed E-state index contributed by atoms with van der Waals surface area (Å²) in [4.78, 5) is 11.6. The minimum Gasteiger partial charge on any atom is -0.508 e. The molecule has 100 valence electrons. The summed E-state index contributed by atoms with van der Waals surface area (Å²) < 4.78 is 5.03. The molecule has 0 unspecified atom stereocenters. The zero-order chi connectivity index (χ0) is 13.4. The molecular weight excluding hydrogens is 238 g/mol. The second-order valence-corrected chi connectivity index (χ2v) is 3.68. The van der Waals surface area contributed by atoms with Gasteiger partial charge in [-0.3, -0.25) is 4.79 Å². The van der Waals surface area contributed by atoms with Crippen LogP contribution < -0.4 is 5.32 Å². The van der Waals surface area contributed by atoms with Crippen LogP contribution in [0.2, 0.25) is 0 Å². The smallest absolute Gasteiger partial charge is 0.251 e. The van der Waals surface area contributed by atoms with E-state index in [4.69, 9.17) is 9.84 Å². The van der Waals surface area contributed by atoms with Crippen molar-refractivity contribution in [2.24, 2.45) is 0 Å². The number of benzene rings is 1. The summed E-state index contributed by atoms with van der Waals surface area (Å²) in [5.74, 6) is -0.693. The largest absolute Gasteiger partial charge is 0.508 e. The molecule has 1 aromatic carbocycles. The van der Waals surface area contributed by atoms with Gasteiger partial charge in [0.25, 0.3) is 5.91 Å². The van der Waals surface area contributed by atoms with Gasteiger partial charge >= 0.3 is 0 Å². The maximum atomic E-state index is 11.6. The third-order valence-corrected chi connectivity index (χ3v) is 2.15. The number of carbonyl (C=O) groups is 1. The number of amides is 1. The van der Waals surface area contributed by atoms with E-state index in [2.05, 4.69) is 5.32 Å². The highest BCUT2D eigenvalue weighted by atomic mass is 16.5. The lowest BCUT2D eigenvalue weighted by Gasteiger charge is -2.06. The van der Waals surface area contributed by atoms with Crippen LogP contribution in [0.1, 0.15) is 16.8 Å². The first kappa shape index (κ1) is 14.3. The highest BCUT2D eigenvalue weighted by Crippen LogP contribution is 2.20. The van der Waals surface area contributed by atoms with Gasteiger partial charge in [-0.15, -0.1) is 0 Å². The van der Waals surface area contributed by atoms with E-state index in [0.717, 1.165) is 6.07 Å². The second kappa shape index (κ2) is 7.52. The molecule has 0 aromatic heterocycles. The number of aliphatic hydroxyl groups is 1. The van der Waals surface area contributed by atoms with E-state index < -0.39 is 0 Å². The van der Waals surface area contributed by atoms with Crippen LogP contribution in [0.25, 0.3) is 0 Å². The highest BCUT2D eigenvalue weighted by Gasteiger charge is 2.07. The predicted octanol–water partition coefficient (Wildman–Crippen LogP) is 0.227. The zero-order valence-corrected chi connectivity index (χ0v) is 9.93. The lowest BCUT2D eigenvalue weighted by Crippen LogP contribution is -2.25. The van der Waals surface area contributed by atoms with Crippen molar-refractivity contribution in [2.45, 2.75) is 6.42 Å². The molecule has 0 bridgehead atoms. The van der Waals surface area contributed by atoms with E-state index in [0.29, 0.717) is 19.6 Å². The van der Waals surface area contributed by atoms with Gasteiger partial charge in [0.15, 0.2) is 0 Å². The van der Waals surface area contributed by atoms with E-state index in [1.165, 1.54) is 12.1 Å². The van der Waals surface area contributed by atoms with Crippen molar-refractivity contribution in [1.29, 1.82) is 0 Å². The van der Waals surface area contributed by atoms with Crippen molar-refractivity contribution in [3.05, 3.63) is 23.8 Å². The van der Waals surface area contributed by atoms with Gasteiger partial charge in [0, 0.05) is 24.8 Å². The first-order valence-corrected chi connectivity index (χ1v) is 5.63. The van der Waals surface area contributed by atoms with Gasteiger partial charge in [0.05, 0.1) is 13.2 Å². The molecule has 1 aromatic rings. The van der Waals surface area contributed by atoms with E-state index in [-0.39, 0.29) is 36.2 Å². The summed E-state index contributed by atoms with van der Waals surface area (Å²) in [5.41, 5.74) is 0.198. The normalized spacial score (nSPS) is 10.3. The molecule has 6 heteroatoms. The van der Waals surface area contributed by atoms with Crippen molar-refractivity contribution in [3.8, 4) is 11.5 Å². The number of hydrogen-bond acceptors (Lipinski definition) is 5. The molecular formula is C12H17NO5. The molecule has 18 heavy (non-hydrogen) atoms. The second-order valence-electron chi connectivity index (χ2n) is 3.68. The van der Waals surface area contributed by atoms with E-state index >= 15 is 0 Å². The molecule has 0 atom stereocenters. The third kappa shape index (κ3) is 5.03. The fraction of sp³-hybridized carbons (Fsp3) is 0.417. The number of phenols is 2. The Hall–Kier alpha value is -1.79. The molecule has 0 fully saturated rings. The summed E-state index contributed by atoms with van der Waals surface area (Å²) in [6, 6.07) is 3.70. The van der Waals surface area contributed by atoms with Crippen LogP contribution in [0.5, 0.6) is 11.5 Å². The van der Waals surface area contributed by atoms with Gasteiger partial charge in [-0.05, 0) is 18.6 Å². The Balaban J connectivity index is 2.32. The maximum Gasteiger partial charge on any atom is 0.251 e. The minimum absolute atomic E-state index is 0.0189. The quantitative estimate of drug-likeness (QED) is 0.523. The van der Waals surface area contributed by atoms with Gasteiger partial charge in [-0.2, -0.15) is 0 Å². The Bertz CT molecular complexity index is 374. The molecule has 0 aliphatic carbocycles. The number of aromatic hydroxyl groups is 2. The molecule has 6 nitrogen and oxygen atoms in total. The molecule has 1 amide bonds. The first-order chi connectivity index (χ1) is 8.63. The molecule has 0 saturated carbocycles. The number of nitrogens with one attached hydrogen (secondary N) is 1. The van der Waals surface area contributed by atoms with Crippen LogP contribution in [0.4, 0.5) is 0 Å². The molecule has 0 radical (unpaired) electrons. The summed E-state index contributed by atoms with van der Waals surface area (Å²) in [5, 5.41) is 29.6. The first-order valence-electron chi connectivity index (χ1n) is 5.63. The number of hydrogen-bond donors (Lipinski definition) is 4. The van der Waals surface area contributed by atoms with Crippen LogP contribution in [0.15, 0.2) is 18.2 Å². The zero-order valence-electron chi connectivity index (χ0n) is 9.93. The summed E-state index contributed by atoms with van der Waals surface area (Å²) >= 11 is 0. The van der Waals surface area contributed by atoms with Gasteiger partial charge in [0.2, 0.25) is 0 Å². The molecule has 0 aliphatic rings. The lowest BCUT2D eigenvalue weighted by molar-refractivity contribution is 0.0867. The standard InChI is InChI=1S/C12H17NO5/c14-3-5-18-4-1-2-13-12(17)9-6-10(15)8-11(16)7-9/h6-8,14-16H,1-5H2,(H,13,17). The Morgan fingerprint density at radius 2 is 1.83 bits per heavy atom.